The van der Waals surface area contributed by atoms with Crippen LogP contribution in [-0.4, -0.2) is 49.1 Å². The van der Waals surface area contributed by atoms with Gasteiger partial charge in [0.1, 0.15) is 0 Å². The quantitative estimate of drug-likeness (QED) is 0.806. The van der Waals surface area contributed by atoms with E-state index >= 15 is 0 Å². The SMILES string of the molecule is Cl.NC1C2CCCC1CC(C(=O)Nc1ccccc1C(=O)N1CCOCC1)C2. The first-order valence-corrected chi connectivity index (χ1v) is 10.2. The van der Waals surface area contributed by atoms with Crippen LogP contribution in [-0.2, 0) is 9.53 Å². The van der Waals surface area contributed by atoms with Crippen LogP contribution in [0.3, 0.4) is 0 Å². The molecule has 3 aliphatic rings. The molecule has 1 aromatic rings. The second kappa shape index (κ2) is 9.25. The molecule has 3 N–H and O–H groups in total. The molecule has 0 aromatic heterocycles. The lowest BCUT2D eigenvalue weighted by Gasteiger charge is -2.43. The molecule has 1 aliphatic heterocycles. The number of morpholine rings is 1. The zero-order chi connectivity index (χ0) is 18.8. The highest BCUT2D eigenvalue weighted by atomic mass is 35.5. The Hall–Kier alpha value is -1.63. The van der Waals surface area contributed by atoms with Crippen LogP contribution >= 0.6 is 12.4 Å². The summed E-state index contributed by atoms with van der Waals surface area (Å²) in [4.78, 5) is 27.6. The standard InChI is InChI=1S/C21H29N3O3.ClH/c22-19-14-4-3-5-15(19)13-16(12-14)20(25)23-18-7-2-1-6-17(18)21(26)24-8-10-27-11-9-24;/h1-2,6-7,14-16,19H,3-5,8-13,22H2,(H,23,25);1H. The Morgan fingerprint density at radius 2 is 1.71 bits per heavy atom. The number of ether oxygens (including phenoxy) is 1. The Morgan fingerprint density at radius 3 is 2.39 bits per heavy atom. The van der Waals surface area contributed by atoms with Crippen LogP contribution in [0.1, 0.15) is 42.5 Å². The van der Waals surface area contributed by atoms with Gasteiger partial charge in [-0.25, -0.2) is 0 Å². The van der Waals surface area contributed by atoms with Gasteiger partial charge in [0.25, 0.3) is 5.91 Å². The van der Waals surface area contributed by atoms with E-state index in [0.29, 0.717) is 49.4 Å². The summed E-state index contributed by atoms with van der Waals surface area (Å²) in [6, 6.07) is 7.56. The molecule has 7 heteroatoms. The highest BCUT2D eigenvalue weighted by Gasteiger charge is 2.40. The highest BCUT2D eigenvalue weighted by molar-refractivity contribution is 6.04. The van der Waals surface area contributed by atoms with Crippen molar-refractivity contribution in [2.45, 2.75) is 38.1 Å². The fourth-order valence-corrected chi connectivity index (χ4v) is 4.95. The number of nitrogens with one attached hydrogen (secondary N) is 1. The van der Waals surface area contributed by atoms with E-state index < -0.39 is 0 Å². The lowest BCUT2D eigenvalue weighted by molar-refractivity contribution is -0.122. The van der Waals surface area contributed by atoms with E-state index in [-0.39, 0.29) is 36.2 Å². The molecular formula is C21H30ClN3O3. The number of anilines is 1. The number of hydrogen-bond donors (Lipinski definition) is 2. The van der Waals surface area contributed by atoms with E-state index in [1.165, 1.54) is 6.42 Å². The Balaban J connectivity index is 0.00000225. The van der Waals surface area contributed by atoms with Gasteiger partial charge in [-0.1, -0.05) is 18.6 Å². The third-order valence-electron chi connectivity index (χ3n) is 6.50. The van der Waals surface area contributed by atoms with Gasteiger partial charge in [0, 0.05) is 25.0 Å². The predicted octanol–water partition coefficient (Wildman–Crippen LogP) is 2.67. The number of hydrogen-bond acceptors (Lipinski definition) is 4. The zero-order valence-electron chi connectivity index (χ0n) is 16.1. The molecule has 2 unspecified atom stereocenters. The molecule has 28 heavy (non-hydrogen) atoms. The minimum absolute atomic E-state index is 0. The lowest BCUT2D eigenvalue weighted by atomic mass is 9.65. The number of nitrogens with zero attached hydrogens (tertiary/aromatic N) is 1. The summed E-state index contributed by atoms with van der Waals surface area (Å²) >= 11 is 0. The highest BCUT2D eigenvalue weighted by Crippen LogP contribution is 2.42. The third kappa shape index (κ3) is 4.34. The second-order valence-corrected chi connectivity index (χ2v) is 8.14. The lowest BCUT2D eigenvalue weighted by Crippen LogP contribution is -2.48. The number of carbonyl (C=O) groups is 2. The van der Waals surface area contributed by atoms with Crippen molar-refractivity contribution in [2.75, 3.05) is 31.6 Å². The molecule has 2 aliphatic carbocycles. The second-order valence-electron chi connectivity index (χ2n) is 8.14. The number of fused-ring (bicyclic) bond motifs is 2. The van der Waals surface area contributed by atoms with Crippen molar-refractivity contribution in [3.05, 3.63) is 29.8 Å². The summed E-state index contributed by atoms with van der Waals surface area (Å²) in [7, 11) is 0. The maximum Gasteiger partial charge on any atom is 0.256 e. The Kier molecular flexibility index (Phi) is 6.96. The van der Waals surface area contributed by atoms with Gasteiger partial charge in [-0.2, -0.15) is 0 Å². The van der Waals surface area contributed by atoms with Crippen molar-refractivity contribution >= 4 is 29.9 Å². The van der Waals surface area contributed by atoms with Crippen LogP contribution in [0, 0.1) is 17.8 Å². The van der Waals surface area contributed by atoms with Gasteiger partial charge in [-0.3, -0.25) is 9.59 Å². The molecule has 4 rings (SSSR count). The maximum atomic E-state index is 13.0. The van der Waals surface area contributed by atoms with Crippen molar-refractivity contribution < 1.29 is 14.3 Å². The van der Waals surface area contributed by atoms with Crippen LogP contribution in [0.5, 0.6) is 0 Å². The van der Waals surface area contributed by atoms with E-state index in [2.05, 4.69) is 5.32 Å². The molecule has 0 radical (unpaired) electrons. The van der Waals surface area contributed by atoms with Crippen LogP contribution in [0.4, 0.5) is 5.69 Å². The van der Waals surface area contributed by atoms with E-state index in [4.69, 9.17) is 10.5 Å². The van der Waals surface area contributed by atoms with Gasteiger partial charge >= 0.3 is 0 Å². The summed E-state index contributed by atoms with van der Waals surface area (Å²) in [6.07, 6.45) is 5.22. The minimum Gasteiger partial charge on any atom is -0.378 e. The summed E-state index contributed by atoms with van der Waals surface area (Å²) < 4.78 is 5.33. The molecule has 0 spiro atoms. The normalized spacial score (nSPS) is 29.5. The summed E-state index contributed by atoms with van der Waals surface area (Å²) in [5.41, 5.74) is 7.52. The van der Waals surface area contributed by atoms with Gasteiger partial charge in [0.15, 0.2) is 0 Å². The Labute approximate surface area is 172 Å². The van der Waals surface area contributed by atoms with Gasteiger partial charge in [0.05, 0.1) is 24.5 Å². The van der Waals surface area contributed by atoms with Crippen molar-refractivity contribution in [3.63, 3.8) is 0 Å². The van der Waals surface area contributed by atoms with Gasteiger partial charge in [0.2, 0.25) is 5.91 Å². The molecule has 1 heterocycles. The van der Waals surface area contributed by atoms with Crippen LogP contribution in [0.2, 0.25) is 0 Å². The minimum atomic E-state index is -0.0447. The van der Waals surface area contributed by atoms with Crippen LogP contribution in [0.25, 0.3) is 0 Å². The van der Waals surface area contributed by atoms with Crippen molar-refractivity contribution in [1.29, 1.82) is 0 Å². The van der Waals surface area contributed by atoms with Crippen LogP contribution < -0.4 is 11.1 Å². The van der Waals surface area contributed by atoms with Crippen LogP contribution in [0.15, 0.2) is 24.3 Å². The molecule has 1 saturated heterocycles. The predicted molar refractivity (Wildman–Crippen MR) is 111 cm³/mol. The first kappa shape index (κ1) is 21.1. The first-order valence-electron chi connectivity index (χ1n) is 10.2. The smallest absolute Gasteiger partial charge is 0.256 e. The number of nitrogens with two attached hydrogens (primary N) is 1. The van der Waals surface area contributed by atoms with Crippen molar-refractivity contribution in [2.24, 2.45) is 23.5 Å². The van der Waals surface area contributed by atoms with Gasteiger partial charge in [-0.15, -0.1) is 12.4 Å². The average Bonchev–Trinajstić information content (AvgIpc) is 2.68. The zero-order valence-corrected chi connectivity index (χ0v) is 17.0. The van der Waals surface area contributed by atoms with E-state index in [9.17, 15) is 9.59 Å². The Morgan fingerprint density at radius 1 is 1.07 bits per heavy atom. The number of carbonyl (C=O) groups excluding carboxylic acids is 2. The number of rotatable bonds is 3. The molecule has 2 bridgehead atoms. The van der Waals surface area contributed by atoms with Crippen molar-refractivity contribution in [1.82, 2.24) is 4.90 Å². The fourth-order valence-electron chi connectivity index (χ4n) is 4.95. The van der Waals surface area contributed by atoms with E-state index in [0.717, 1.165) is 25.7 Å². The molecule has 1 aromatic carbocycles. The molecule has 2 amide bonds. The first-order chi connectivity index (χ1) is 13.1. The molecular weight excluding hydrogens is 378 g/mol. The van der Waals surface area contributed by atoms with Gasteiger partial charge in [-0.05, 0) is 49.7 Å². The van der Waals surface area contributed by atoms with Gasteiger partial charge < -0.3 is 20.7 Å². The Bertz CT molecular complexity index is 694. The number of halogens is 1. The number of para-hydroxylation sites is 1. The van der Waals surface area contributed by atoms with Crippen molar-refractivity contribution in [3.8, 4) is 0 Å². The average molecular weight is 408 g/mol. The molecule has 2 saturated carbocycles. The summed E-state index contributed by atoms with van der Waals surface area (Å²) in [6.45, 7) is 2.30. The maximum absolute atomic E-state index is 13.0. The topological polar surface area (TPSA) is 84.7 Å². The number of amides is 2. The molecule has 6 nitrogen and oxygen atoms in total. The monoisotopic (exact) mass is 407 g/mol. The summed E-state index contributed by atoms with van der Waals surface area (Å²) in [5.74, 6) is 0.890. The van der Waals surface area contributed by atoms with E-state index in [1.807, 2.05) is 18.2 Å². The summed E-state index contributed by atoms with van der Waals surface area (Å²) in [5, 5.41) is 3.05. The fraction of sp³-hybridized carbons (Fsp3) is 0.619. The third-order valence-corrected chi connectivity index (χ3v) is 6.50. The molecule has 2 atom stereocenters. The largest absolute Gasteiger partial charge is 0.378 e. The molecule has 3 fully saturated rings. The molecule has 154 valence electrons. The van der Waals surface area contributed by atoms with E-state index in [1.54, 1.807) is 11.0 Å². The number of benzene rings is 1.